The average Bonchev–Trinajstić information content (AvgIpc) is 2.79. The molecule has 0 radical (unpaired) electrons. The first-order valence-electron chi connectivity index (χ1n) is 7.96. The van der Waals surface area contributed by atoms with E-state index in [4.69, 9.17) is 0 Å². The molecule has 0 bridgehead atoms. The van der Waals surface area contributed by atoms with Gasteiger partial charge in [0.2, 0.25) is 0 Å². The molecule has 2 aromatic rings. The van der Waals surface area contributed by atoms with Crippen LogP contribution in [0.1, 0.15) is 36.5 Å². The minimum Gasteiger partial charge on any atom is -0.508 e. The molecule has 0 saturated carbocycles. The van der Waals surface area contributed by atoms with Gasteiger partial charge in [-0.15, -0.1) is 13.2 Å². The van der Waals surface area contributed by atoms with Crippen LogP contribution in [-0.2, 0) is 11.8 Å². The molecule has 3 rings (SSSR count). The largest absolute Gasteiger partial charge is 0.508 e. The summed E-state index contributed by atoms with van der Waals surface area (Å²) in [6.07, 6.45) is 6.57. The van der Waals surface area contributed by atoms with E-state index >= 15 is 0 Å². The lowest BCUT2D eigenvalue weighted by atomic mass is 9.71. The van der Waals surface area contributed by atoms with Gasteiger partial charge in [0.25, 0.3) is 0 Å². The predicted octanol–water partition coefficient (Wildman–Crippen LogP) is 6.14. The van der Waals surface area contributed by atoms with E-state index in [2.05, 4.69) is 48.1 Å². The predicted molar refractivity (Wildman–Crippen MR) is 101 cm³/mol. The van der Waals surface area contributed by atoms with Gasteiger partial charge in [-0.05, 0) is 65.3 Å². The highest BCUT2D eigenvalue weighted by Gasteiger charge is 2.43. The summed E-state index contributed by atoms with van der Waals surface area (Å²) < 4.78 is 1.15. The third-order valence-electron chi connectivity index (χ3n) is 4.88. The summed E-state index contributed by atoms with van der Waals surface area (Å²) in [7, 11) is 0. The second-order valence-electron chi connectivity index (χ2n) is 6.10. The molecule has 1 aliphatic rings. The second kappa shape index (κ2) is 6.01. The molecule has 1 N–H and O–H groups in total. The van der Waals surface area contributed by atoms with E-state index in [9.17, 15) is 5.11 Å². The molecule has 0 amide bonds. The highest BCUT2D eigenvalue weighted by atomic mass is 79.9. The van der Waals surface area contributed by atoms with Crippen molar-refractivity contribution in [2.45, 2.75) is 31.6 Å². The van der Waals surface area contributed by atoms with Crippen molar-refractivity contribution in [1.82, 2.24) is 0 Å². The van der Waals surface area contributed by atoms with Crippen molar-refractivity contribution in [1.29, 1.82) is 0 Å². The molecular formula is C21H21BrO. The Bertz CT molecular complexity index is 779. The van der Waals surface area contributed by atoms with Crippen molar-refractivity contribution in [2.75, 3.05) is 0 Å². The number of phenolic OH excluding ortho intramolecular Hbond substituents is 1. The van der Waals surface area contributed by atoms with Gasteiger partial charge in [0.1, 0.15) is 5.75 Å². The van der Waals surface area contributed by atoms with Gasteiger partial charge in [-0.1, -0.05) is 47.1 Å². The second-order valence-corrected chi connectivity index (χ2v) is 6.95. The fraction of sp³-hybridized carbons (Fsp3) is 0.238. The number of halogens is 1. The van der Waals surface area contributed by atoms with Gasteiger partial charge in [-0.2, -0.15) is 0 Å². The number of aromatic hydroxyl groups is 1. The molecule has 0 atom stereocenters. The number of fused-ring (bicyclic) bond motifs is 3. The maximum atomic E-state index is 10.1. The summed E-state index contributed by atoms with van der Waals surface area (Å²) in [5.41, 5.74) is 6.16. The Morgan fingerprint density at radius 1 is 1.09 bits per heavy atom. The summed E-state index contributed by atoms with van der Waals surface area (Å²) in [4.78, 5) is 0. The standard InChI is InChI=1S/C21H21BrO/c1-4-11-21(12-5-2)18-13-14(23)7-8-16(18)17-9-10-19(22)15(6-3)20(17)21/h4-5,7-10,13,23H,1-2,6,11-12H2,3H3. The number of benzene rings is 2. The zero-order valence-electron chi connectivity index (χ0n) is 13.4. The Hall–Kier alpha value is -1.80. The van der Waals surface area contributed by atoms with E-state index in [1.54, 1.807) is 6.07 Å². The number of hydrogen-bond donors (Lipinski definition) is 1. The molecule has 23 heavy (non-hydrogen) atoms. The number of hydrogen-bond acceptors (Lipinski definition) is 1. The van der Waals surface area contributed by atoms with Crippen LogP contribution in [0, 0.1) is 0 Å². The quantitative estimate of drug-likeness (QED) is 0.628. The van der Waals surface area contributed by atoms with E-state index in [0.29, 0.717) is 5.75 Å². The minimum absolute atomic E-state index is 0.192. The molecule has 2 heteroatoms. The molecule has 118 valence electrons. The van der Waals surface area contributed by atoms with Gasteiger partial charge in [0.15, 0.2) is 0 Å². The monoisotopic (exact) mass is 368 g/mol. The van der Waals surface area contributed by atoms with E-state index < -0.39 is 0 Å². The zero-order valence-corrected chi connectivity index (χ0v) is 15.0. The van der Waals surface area contributed by atoms with Crippen molar-refractivity contribution in [3.8, 4) is 16.9 Å². The van der Waals surface area contributed by atoms with Gasteiger partial charge in [-0.3, -0.25) is 0 Å². The molecule has 0 fully saturated rings. The summed E-state index contributed by atoms with van der Waals surface area (Å²) in [6, 6.07) is 10.0. The Morgan fingerprint density at radius 2 is 1.74 bits per heavy atom. The molecule has 0 aliphatic heterocycles. The molecule has 0 unspecified atom stereocenters. The van der Waals surface area contributed by atoms with Crippen molar-refractivity contribution in [3.05, 3.63) is 76.8 Å². The van der Waals surface area contributed by atoms with E-state index in [-0.39, 0.29) is 5.41 Å². The highest BCUT2D eigenvalue weighted by Crippen LogP contribution is 2.56. The third-order valence-corrected chi connectivity index (χ3v) is 5.63. The van der Waals surface area contributed by atoms with Crippen LogP contribution in [0.4, 0.5) is 0 Å². The summed E-state index contributed by atoms with van der Waals surface area (Å²) in [5.74, 6) is 0.311. The molecule has 0 spiro atoms. The topological polar surface area (TPSA) is 20.2 Å². The Morgan fingerprint density at radius 3 is 2.35 bits per heavy atom. The number of allylic oxidation sites excluding steroid dienone is 2. The first-order chi connectivity index (χ1) is 11.1. The SMILES string of the molecule is C=CCC1(CC=C)c2cc(O)ccc2-c2ccc(Br)c(CC)c21. The highest BCUT2D eigenvalue weighted by molar-refractivity contribution is 9.10. The van der Waals surface area contributed by atoms with Gasteiger partial charge >= 0.3 is 0 Å². The normalized spacial score (nSPS) is 14.2. The fourth-order valence-electron chi connectivity index (χ4n) is 4.04. The van der Waals surface area contributed by atoms with Crippen LogP contribution in [0.2, 0.25) is 0 Å². The lowest BCUT2D eigenvalue weighted by molar-refractivity contribution is 0.469. The Balaban J connectivity index is 2.44. The molecule has 0 aromatic heterocycles. The van der Waals surface area contributed by atoms with Crippen LogP contribution < -0.4 is 0 Å². The number of phenols is 1. The summed E-state index contributed by atoms with van der Waals surface area (Å²) in [5, 5.41) is 10.1. The minimum atomic E-state index is -0.192. The summed E-state index contributed by atoms with van der Waals surface area (Å²) in [6.45, 7) is 10.2. The summed E-state index contributed by atoms with van der Waals surface area (Å²) >= 11 is 3.72. The number of rotatable bonds is 5. The Kier molecular flexibility index (Phi) is 4.20. The lowest BCUT2D eigenvalue weighted by Gasteiger charge is -2.32. The van der Waals surface area contributed by atoms with Crippen LogP contribution >= 0.6 is 15.9 Å². The fourth-order valence-corrected chi connectivity index (χ4v) is 4.65. The van der Waals surface area contributed by atoms with Crippen molar-refractivity contribution < 1.29 is 5.11 Å². The molecular weight excluding hydrogens is 348 g/mol. The van der Waals surface area contributed by atoms with Crippen LogP contribution in [0.3, 0.4) is 0 Å². The zero-order chi connectivity index (χ0) is 16.6. The molecule has 0 heterocycles. The van der Waals surface area contributed by atoms with Crippen LogP contribution in [0.5, 0.6) is 5.75 Å². The third kappa shape index (κ3) is 2.28. The van der Waals surface area contributed by atoms with Gasteiger partial charge in [0.05, 0.1) is 0 Å². The van der Waals surface area contributed by atoms with Crippen molar-refractivity contribution in [3.63, 3.8) is 0 Å². The van der Waals surface area contributed by atoms with Crippen molar-refractivity contribution in [2.24, 2.45) is 0 Å². The van der Waals surface area contributed by atoms with Crippen molar-refractivity contribution >= 4 is 15.9 Å². The lowest BCUT2D eigenvalue weighted by Crippen LogP contribution is -2.25. The molecule has 2 aromatic carbocycles. The first kappa shape index (κ1) is 16.1. The Labute approximate surface area is 146 Å². The van der Waals surface area contributed by atoms with Gasteiger partial charge in [0, 0.05) is 9.89 Å². The molecule has 1 nitrogen and oxygen atoms in total. The van der Waals surface area contributed by atoms with E-state index in [1.807, 2.05) is 24.3 Å². The van der Waals surface area contributed by atoms with Gasteiger partial charge in [-0.25, -0.2) is 0 Å². The maximum absolute atomic E-state index is 10.1. The first-order valence-corrected chi connectivity index (χ1v) is 8.76. The molecule has 0 saturated heterocycles. The van der Waals surface area contributed by atoms with E-state index in [1.165, 1.54) is 27.8 Å². The van der Waals surface area contributed by atoms with E-state index in [0.717, 1.165) is 23.7 Å². The van der Waals surface area contributed by atoms with Crippen LogP contribution in [0.25, 0.3) is 11.1 Å². The van der Waals surface area contributed by atoms with Crippen LogP contribution in [-0.4, -0.2) is 5.11 Å². The smallest absolute Gasteiger partial charge is 0.115 e. The van der Waals surface area contributed by atoms with Gasteiger partial charge < -0.3 is 5.11 Å². The molecule has 1 aliphatic carbocycles. The maximum Gasteiger partial charge on any atom is 0.115 e. The average molecular weight is 369 g/mol. The van der Waals surface area contributed by atoms with Crippen LogP contribution in [0.15, 0.2) is 60.1 Å².